The minimum Gasteiger partial charge on any atom is -0.456 e. The Labute approximate surface area is 340 Å². The first kappa shape index (κ1) is 32.4. The van der Waals surface area contributed by atoms with Gasteiger partial charge in [0.15, 0.2) is 17.5 Å². The third-order valence-electron chi connectivity index (χ3n) is 11.7. The average Bonchev–Trinajstić information content (AvgIpc) is 3.98. The SMILES string of the molecule is c1ccc2cc(-c3ccc4c(c3)oc3cccc(-c5nc(-c6ccc7cc8c(cc7c6)oc6ccccc68)nc(-c6cccc7sc8ccccc8c67)n5)c34)ccc2c1. The summed E-state index contributed by atoms with van der Waals surface area (Å²) in [6.07, 6.45) is 0. The van der Waals surface area contributed by atoms with Crippen LogP contribution in [-0.2, 0) is 0 Å². The van der Waals surface area contributed by atoms with Crippen molar-refractivity contribution in [2.45, 2.75) is 0 Å². The van der Waals surface area contributed by atoms with Gasteiger partial charge < -0.3 is 8.83 Å². The van der Waals surface area contributed by atoms with Gasteiger partial charge in [0.2, 0.25) is 0 Å². The lowest BCUT2D eigenvalue weighted by atomic mass is 9.99. The maximum Gasteiger partial charge on any atom is 0.164 e. The summed E-state index contributed by atoms with van der Waals surface area (Å²) in [5, 5.41) is 11.1. The highest BCUT2D eigenvalue weighted by Gasteiger charge is 2.21. The van der Waals surface area contributed by atoms with Gasteiger partial charge in [0.25, 0.3) is 0 Å². The van der Waals surface area contributed by atoms with E-state index < -0.39 is 0 Å². The summed E-state index contributed by atoms with van der Waals surface area (Å²) in [7, 11) is 0. The van der Waals surface area contributed by atoms with Crippen molar-refractivity contribution in [1.29, 1.82) is 0 Å². The normalized spacial score (nSPS) is 12.1. The van der Waals surface area contributed by atoms with Crippen molar-refractivity contribution >= 4 is 96.9 Å². The van der Waals surface area contributed by atoms with Crippen molar-refractivity contribution in [3.8, 4) is 45.3 Å². The van der Waals surface area contributed by atoms with E-state index in [0.717, 1.165) is 87.9 Å². The molecule has 0 saturated heterocycles. The Hall–Kier alpha value is -7.67. The molecule has 13 aromatic rings. The minimum atomic E-state index is 0.585. The standard InChI is InChI=1S/C53H29N3O2S/c1-2-10-31-25-32(20-19-30(31)9-1)34-23-24-38-45(28-34)58-44-16-7-13-40(49(38)44)52-54-51(55-53(56-52)41-14-8-18-48-50(41)39-12-4-6-17-47(39)59-48)35-22-21-33-27-42-37-11-3-5-15-43(37)57-46(42)29-36(33)26-35/h1-29H. The molecule has 9 aromatic carbocycles. The molecular formula is C53H29N3O2S. The van der Waals surface area contributed by atoms with Gasteiger partial charge in [-0.25, -0.2) is 15.0 Å². The monoisotopic (exact) mass is 771 g/mol. The third kappa shape index (κ3) is 5.07. The van der Waals surface area contributed by atoms with Crippen LogP contribution < -0.4 is 0 Å². The Morgan fingerprint density at radius 2 is 0.932 bits per heavy atom. The number of nitrogens with zero attached hydrogens (tertiary/aromatic N) is 3. The number of rotatable bonds is 4. The highest BCUT2D eigenvalue weighted by molar-refractivity contribution is 7.25. The smallest absolute Gasteiger partial charge is 0.164 e. The van der Waals surface area contributed by atoms with Gasteiger partial charge in [-0.15, -0.1) is 11.3 Å². The summed E-state index contributed by atoms with van der Waals surface area (Å²) in [6.45, 7) is 0. The van der Waals surface area contributed by atoms with Crippen LogP contribution in [0.3, 0.4) is 0 Å². The fourth-order valence-corrected chi connectivity index (χ4v) is 10.0. The lowest BCUT2D eigenvalue weighted by Crippen LogP contribution is -2.00. The first-order valence-corrected chi connectivity index (χ1v) is 20.5. The van der Waals surface area contributed by atoms with Gasteiger partial charge in [-0.2, -0.15) is 0 Å². The number of thiophene rings is 1. The van der Waals surface area contributed by atoms with Crippen LogP contribution in [0.1, 0.15) is 0 Å². The lowest BCUT2D eigenvalue weighted by molar-refractivity contribution is 0.669. The molecule has 4 aromatic heterocycles. The topological polar surface area (TPSA) is 65.0 Å². The number of furan rings is 2. The largest absolute Gasteiger partial charge is 0.456 e. The van der Waals surface area contributed by atoms with Crippen LogP contribution in [0.2, 0.25) is 0 Å². The Bertz CT molecular complexity index is 3870. The molecule has 0 fully saturated rings. The first-order chi connectivity index (χ1) is 29.2. The molecule has 0 bridgehead atoms. The molecule has 0 radical (unpaired) electrons. The van der Waals surface area contributed by atoms with Crippen LogP contribution in [0.4, 0.5) is 0 Å². The van der Waals surface area contributed by atoms with Gasteiger partial charge in [0, 0.05) is 58.4 Å². The van der Waals surface area contributed by atoms with Crippen molar-refractivity contribution in [3.05, 3.63) is 176 Å². The molecule has 6 heteroatoms. The van der Waals surface area contributed by atoms with Crippen LogP contribution in [0.25, 0.3) is 131 Å². The second-order valence-electron chi connectivity index (χ2n) is 15.1. The van der Waals surface area contributed by atoms with Crippen molar-refractivity contribution < 1.29 is 8.83 Å². The summed E-state index contributed by atoms with van der Waals surface area (Å²) in [5.41, 5.74) is 8.32. The van der Waals surface area contributed by atoms with E-state index >= 15 is 0 Å². The molecule has 4 heterocycles. The zero-order valence-electron chi connectivity index (χ0n) is 31.3. The van der Waals surface area contributed by atoms with Gasteiger partial charge in [-0.05, 0) is 93.3 Å². The molecule has 0 aliphatic carbocycles. The predicted molar refractivity (Wildman–Crippen MR) is 244 cm³/mol. The molecule has 59 heavy (non-hydrogen) atoms. The molecule has 0 saturated carbocycles. The number of para-hydroxylation sites is 1. The first-order valence-electron chi connectivity index (χ1n) is 19.7. The molecule has 0 amide bonds. The summed E-state index contributed by atoms with van der Waals surface area (Å²) >= 11 is 1.79. The maximum absolute atomic E-state index is 6.62. The number of fused-ring (bicyclic) bond motifs is 11. The van der Waals surface area contributed by atoms with E-state index in [4.69, 9.17) is 23.8 Å². The highest BCUT2D eigenvalue weighted by Crippen LogP contribution is 2.42. The molecule has 13 rings (SSSR count). The lowest BCUT2D eigenvalue weighted by Gasteiger charge is -2.11. The van der Waals surface area contributed by atoms with E-state index in [2.05, 4.69) is 152 Å². The zero-order chi connectivity index (χ0) is 38.6. The summed E-state index contributed by atoms with van der Waals surface area (Å²) < 4.78 is 15.3. The van der Waals surface area contributed by atoms with E-state index in [1.54, 1.807) is 11.3 Å². The molecular weight excluding hydrogens is 743 g/mol. The van der Waals surface area contributed by atoms with Gasteiger partial charge in [-0.3, -0.25) is 0 Å². The molecule has 5 nitrogen and oxygen atoms in total. The average molecular weight is 772 g/mol. The predicted octanol–water partition coefficient (Wildman–Crippen LogP) is 15.0. The Kier molecular flexibility index (Phi) is 6.82. The quantitative estimate of drug-likeness (QED) is 0.178. The number of hydrogen-bond donors (Lipinski definition) is 0. The maximum atomic E-state index is 6.62. The summed E-state index contributed by atoms with van der Waals surface area (Å²) in [6, 6.07) is 61.6. The van der Waals surface area contributed by atoms with Crippen molar-refractivity contribution in [1.82, 2.24) is 15.0 Å². The van der Waals surface area contributed by atoms with Gasteiger partial charge >= 0.3 is 0 Å². The molecule has 0 atom stereocenters. The minimum absolute atomic E-state index is 0.585. The fourth-order valence-electron chi connectivity index (χ4n) is 8.87. The van der Waals surface area contributed by atoms with Crippen molar-refractivity contribution in [2.75, 3.05) is 0 Å². The van der Waals surface area contributed by atoms with E-state index in [9.17, 15) is 0 Å². The van der Waals surface area contributed by atoms with Crippen LogP contribution >= 0.6 is 11.3 Å². The Balaban J connectivity index is 1.02. The van der Waals surface area contributed by atoms with E-state index in [1.807, 2.05) is 24.3 Å². The Morgan fingerprint density at radius 1 is 0.322 bits per heavy atom. The third-order valence-corrected chi connectivity index (χ3v) is 12.8. The molecule has 0 unspecified atom stereocenters. The summed E-state index contributed by atoms with van der Waals surface area (Å²) in [4.78, 5) is 15.9. The second kappa shape index (κ2) is 12.4. The van der Waals surface area contributed by atoms with Crippen molar-refractivity contribution in [2.24, 2.45) is 0 Å². The highest BCUT2D eigenvalue weighted by atomic mass is 32.1. The van der Waals surface area contributed by atoms with Crippen LogP contribution in [0.5, 0.6) is 0 Å². The second-order valence-corrected chi connectivity index (χ2v) is 16.2. The van der Waals surface area contributed by atoms with Crippen LogP contribution in [0, 0.1) is 0 Å². The molecule has 0 aliphatic heterocycles. The van der Waals surface area contributed by atoms with Gasteiger partial charge in [-0.1, -0.05) is 115 Å². The number of aromatic nitrogens is 3. The van der Waals surface area contributed by atoms with Crippen molar-refractivity contribution in [3.63, 3.8) is 0 Å². The van der Waals surface area contributed by atoms with Gasteiger partial charge in [0.05, 0.1) is 0 Å². The van der Waals surface area contributed by atoms with Crippen LogP contribution in [-0.4, -0.2) is 15.0 Å². The summed E-state index contributed by atoms with van der Waals surface area (Å²) in [5.74, 6) is 1.80. The van der Waals surface area contributed by atoms with E-state index in [0.29, 0.717) is 17.5 Å². The molecule has 0 spiro atoms. The molecule has 274 valence electrons. The Morgan fingerprint density at radius 3 is 1.85 bits per heavy atom. The number of benzene rings is 9. The van der Waals surface area contributed by atoms with E-state index in [1.165, 1.54) is 25.6 Å². The van der Waals surface area contributed by atoms with E-state index in [-0.39, 0.29) is 0 Å². The molecule has 0 aliphatic rings. The zero-order valence-corrected chi connectivity index (χ0v) is 32.1. The van der Waals surface area contributed by atoms with Gasteiger partial charge in [0.1, 0.15) is 22.3 Å². The fraction of sp³-hybridized carbons (Fsp3) is 0. The number of hydrogen-bond acceptors (Lipinski definition) is 6. The molecule has 0 N–H and O–H groups in total. The van der Waals surface area contributed by atoms with Crippen LogP contribution in [0.15, 0.2) is 185 Å².